The Morgan fingerprint density at radius 1 is 1.38 bits per heavy atom. The van der Waals surface area contributed by atoms with E-state index in [0.29, 0.717) is 24.3 Å². The summed E-state index contributed by atoms with van der Waals surface area (Å²) in [5.74, 6) is -0.561. The van der Waals surface area contributed by atoms with Crippen molar-refractivity contribution >= 4 is 40.7 Å². The predicted molar refractivity (Wildman–Crippen MR) is 113 cm³/mol. The molecule has 0 saturated carbocycles. The molecule has 3 aromatic rings. The van der Waals surface area contributed by atoms with Gasteiger partial charge in [-0.3, -0.25) is 23.5 Å². The topological polar surface area (TPSA) is 118 Å². The van der Waals surface area contributed by atoms with Crippen molar-refractivity contribution in [3.05, 3.63) is 62.2 Å². The summed E-state index contributed by atoms with van der Waals surface area (Å²) in [6.45, 7) is 2.32. The van der Waals surface area contributed by atoms with E-state index in [1.165, 1.54) is 23.8 Å². The van der Waals surface area contributed by atoms with Gasteiger partial charge in [-0.1, -0.05) is 31.0 Å². The standard InChI is InChI=1S/C19H21ClN6O3/c1-3-4-10-26-17(21)15(18(28)23-19(26)29)24(2)14(27)9-8-12-16(20)22-13-7-5-6-11-25(12)13/h5-9,11H,3-4,10,21H2,1-2H3,(H,23,28,29)/b9-8+. The summed E-state index contributed by atoms with van der Waals surface area (Å²) >= 11 is 6.16. The first-order valence-electron chi connectivity index (χ1n) is 9.06. The number of nitrogens with two attached hydrogens (primary N) is 1. The first-order chi connectivity index (χ1) is 13.8. The number of rotatable bonds is 6. The van der Waals surface area contributed by atoms with E-state index in [2.05, 4.69) is 9.97 Å². The van der Waals surface area contributed by atoms with Crippen molar-refractivity contribution in [1.29, 1.82) is 0 Å². The zero-order valence-corrected chi connectivity index (χ0v) is 16.8. The van der Waals surface area contributed by atoms with Gasteiger partial charge in [0, 0.05) is 25.9 Å². The summed E-state index contributed by atoms with van der Waals surface area (Å²) in [6.07, 6.45) is 6.10. The minimum atomic E-state index is -0.725. The molecule has 0 saturated heterocycles. The number of hydrogen-bond acceptors (Lipinski definition) is 5. The van der Waals surface area contributed by atoms with Crippen LogP contribution in [0.15, 0.2) is 40.1 Å². The van der Waals surface area contributed by atoms with E-state index >= 15 is 0 Å². The second-order valence-corrected chi connectivity index (χ2v) is 6.80. The van der Waals surface area contributed by atoms with Crippen molar-refractivity contribution in [2.75, 3.05) is 17.7 Å². The number of aromatic amines is 1. The van der Waals surface area contributed by atoms with Gasteiger partial charge in [-0.25, -0.2) is 9.78 Å². The third kappa shape index (κ3) is 3.95. The molecule has 0 spiro atoms. The largest absolute Gasteiger partial charge is 0.383 e. The molecule has 3 rings (SSSR count). The number of carbonyl (C=O) groups is 1. The van der Waals surface area contributed by atoms with Gasteiger partial charge in [-0.15, -0.1) is 0 Å². The highest BCUT2D eigenvalue weighted by Crippen LogP contribution is 2.20. The fraction of sp³-hybridized carbons (Fsp3) is 0.263. The highest BCUT2D eigenvalue weighted by Gasteiger charge is 2.19. The maximum atomic E-state index is 12.7. The maximum absolute atomic E-state index is 12.7. The number of nitrogens with one attached hydrogen (secondary N) is 1. The van der Waals surface area contributed by atoms with Crippen LogP contribution in [0.2, 0.25) is 5.15 Å². The average molecular weight is 417 g/mol. The van der Waals surface area contributed by atoms with Crippen LogP contribution in [0.1, 0.15) is 25.5 Å². The fourth-order valence-corrected chi connectivity index (χ4v) is 3.19. The summed E-state index contributed by atoms with van der Waals surface area (Å²) in [5, 5.41) is 0.244. The molecule has 10 heteroatoms. The molecule has 29 heavy (non-hydrogen) atoms. The van der Waals surface area contributed by atoms with Gasteiger partial charge in [-0.2, -0.15) is 0 Å². The number of anilines is 2. The van der Waals surface area contributed by atoms with Gasteiger partial charge in [0.05, 0.1) is 5.69 Å². The van der Waals surface area contributed by atoms with Crippen molar-refractivity contribution in [2.45, 2.75) is 26.3 Å². The van der Waals surface area contributed by atoms with Crippen molar-refractivity contribution in [3.8, 4) is 0 Å². The molecule has 0 radical (unpaired) electrons. The summed E-state index contributed by atoms with van der Waals surface area (Å²) in [4.78, 5) is 44.5. The number of H-pyrrole nitrogens is 1. The first kappa shape index (κ1) is 20.4. The number of fused-ring (bicyclic) bond motifs is 1. The highest BCUT2D eigenvalue weighted by molar-refractivity contribution is 6.31. The minimum Gasteiger partial charge on any atom is -0.383 e. The number of aromatic nitrogens is 4. The molecule has 3 heterocycles. The number of amides is 1. The normalized spacial score (nSPS) is 11.4. The molecule has 1 amide bonds. The number of pyridine rings is 1. The molecule has 0 aromatic carbocycles. The Hall–Kier alpha value is -3.33. The van der Waals surface area contributed by atoms with Gasteiger partial charge in [-0.05, 0) is 24.6 Å². The Bertz CT molecular complexity index is 1210. The van der Waals surface area contributed by atoms with Crippen LogP contribution in [0.25, 0.3) is 11.7 Å². The summed E-state index contributed by atoms with van der Waals surface area (Å²) in [6, 6.07) is 5.43. The summed E-state index contributed by atoms with van der Waals surface area (Å²) in [5.41, 5.74) is 5.80. The van der Waals surface area contributed by atoms with E-state index < -0.39 is 17.2 Å². The summed E-state index contributed by atoms with van der Waals surface area (Å²) in [7, 11) is 1.42. The molecule has 3 N–H and O–H groups in total. The molecule has 0 aliphatic heterocycles. The van der Waals surface area contributed by atoms with E-state index in [-0.39, 0.29) is 16.7 Å². The van der Waals surface area contributed by atoms with E-state index in [4.69, 9.17) is 17.3 Å². The number of nitrogens with zero attached hydrogens (tertiary/aromatic N) is 4. The third-order valence-electron chi connectivity index (χ3n) is 4.52. The smallest absolute Gasteiger partial charge is 0.330 e. The lowest BCUT2D eigenvalue weighted by atomic mass is 10.3. The number of carbonyl (C=O) groups excluding carboxylic acids is 1. The van der Waals surface area contributed by atoms with Crippen LogP contribution in [0.4, 0.5) is 11.5 Å². The van der Waals surface area contributed by atoms with E-state index in [1.54, 1.807) is 16.7 Å². The molecule has 152 valence electrons. The molecular weight excluding hydrogens is 396 g/mol. The van der Waals surface area contributed by atoms with Gasteiger partial charge in [0.25, 0.3) is 11.5 Å². The zero-order chi connectivity index (χ0) is 21.1. The lowest BCUT2D eigenvalue weighted by molar-refractivity contribution is -0.113. The van der Waals surface area contributed by atoms with Crippen molar-refractivity contribution in [3.63, 3.8) is 0 Å². The number of hydrogen-bond donors (Lipinski definition) is 2. The first-order valence-corrected chi connectivity index (χ1v) is 9.43. The SMILES string of the molecule is CCCCn1c(N)c(N(C)C(=O)/C=C/c2c(Cl)nc3ccccn23)c(=O)[nH]c1=O. The lowest BCUT2D eigenvalue weighted by Crippen LogP contribution is -2.38. The molecule has 0 aliphatic carbocycles. The van der Waals surface area contributed by atoms with Crippen LogP contribution >= 0.6 is 11.6 Å². The number of unbranched alkanes of at least 4 members (excludes halogenated alkanes) is 1. The maximum Gasteiger partial charge on any atom is 0.330 e. The van der Waals surface area contributed by atoms with Gasteiger partial charge in [0.1, 0.15) is 11.5 Å². The molecule has 0 unspecified atom stereocenters. The Morgan fingerprint density at radius 2 is 2.14 bits per heavy atom. The molecule has 0 bridgehead atoms. The zero-order valence-electron chi connectivity index (χ0n) is 16.1. The molecule has 3 aromatic heterocycles. The monoisotopic (exact) mass is 416 g/mol. The van der Waals surface area contributed by atoms with E-state index in [9.17, 15) is 14.4 Å². The van der Waals surface area contributed by atoms with Gasteiger partial charge >= 0.3 is 5.69 Å². The second kappa shape index (κ2) is 8.36. The Labute approximate surface area is 171 Å². The number of likely N-dealkylation sites (N-methyl/N-ethyl adjacent to an activating group) is 1. The molecule has 0 atom stereocenters. The number of nitrogen functional groups attached to an aromatic ring is 1. The van der Waals surface area contributed by atoms with E-state index in [1.807, 2.05) is 19.1 Å². The van der Waals surface area contributed by atoms with Crippen LogP contribution in [0, 0.1) is 0 Å². The van der Waals surface area contributed by atoms with Gasteiger partial charge in [0.15, 0.2) is 10.8 Å². The molecule has 0 fully saturated rings. The molecule has 9 nitrogen and oxygen atoms in total. The van der Waals surface area contributed by atoms with Crippen LogP contribution in [-0.2, 0) is 11.3 Å². The molecular formula is C19H21ClN6O3. The van der Waals surface area contributed by atoms with Gasteiger partial charge < -0.3 is 10.6 Å². The summed E-state index contributed by atoms with van der Waals surface area (Å²) < 4.78 is 2.99. The predicted octanol–water partition coefficient (Wildman–Crippen LogP) is 1.90. The van der Waals surface area contributed by atoms with Crippen LogP contribution < -0.4 is 21.9 Å². The van der Waals surface area contributed by atoms with Crippen molar-refractivity contribution < 1.29 is 4.79 Å². The van der Waals surface area contributed by atoms with Crippen LogP contribution in [0.5, 0.6) is 0 Å². The number of halogens is 1. The highest BCUT2D eigenvalue weighted by atomic mass is 35.5. The molecule has 0 aliphatic rings. The fourth-order valence-electron chi connectivity index (χ4n) is 2.95. The van der Waals surface area contributed by atoms with Crippen molar-refractivity contribution in [2.24, 2.45) is 0 Å². The Balaban J connectivity index is 1.94. The average Bonchev–Trinajstić information content (AvgIpc) is 3.00. The second-order valence-electron chi connectivity index (χ2n) is 6.45. The quantitative estimate of drug-likeness (QED) is 0.595. The Morgan fingerprint density at radius 3 is 2.86 bits per heavy atom. The third-order valence-corrected chi connectivity index (χ3v) is 4.80. The van der Waals surface area contributed by atoms with Crippen molar-refractivity contribution in [1.82, 2.24) is 18.9 Å². The van der Waals surface area contributed by atoms with Crippen LogP contribution in [0.3, 0.4) is 0 Å². The lowest BCUT2D eigenvalue weighted by Gasteiger charge is -2.19. The van der Waals surface area contributed by atoms with Gasteiger partial charge in [0.2, 0.25) is 0 Å². The number of imidazole rings is 1. The minimum absolute atomic E-state index is 0.0516. The van der Waals surface area contributed by atoms with Crippen LogP contribution in [-0.4, -0.2) is 31.9 Å². The Kier molecular flexibility index (Phi) is 5.88. The van der Waals surface area contributed by atoms with E-state index in [0.717, 1.165) is 11.3 Å².